The number of carbonyl (C=O) groups excluding carboxylic acids is 1. The standard InChI is InChI=1S/C33H50O3Si/c1-23-25(21-35-20-24-13-11-10-12-14-24)30(5)16-15-27-31(6,28(30)19-26(23)34)17-18-33(22-32(27,33)7)36-37(8,9)29(2,3)4/h10-14,27-28H,15-22H2,1-9H3/t27-,28+,30+,31+,32+,33-/m0/s1. The van der Waals surface area contributed by atoms with E-state index in [1.54, 1.807) is 0 Å². The highest BCUT2D eigenvalue weighted by molar-refractivity contribution is 6.74. The summed E-state index contributed by atoms with van der Waals surface area (Å²) in [4.78, 5) is 13.5. The molecule has 4 heteroatoms. The second-order valence-electron chi connectivity index (χ2n) is 15.2. The minimum atomic E-state index is -1.85. The second-order valence-corrected chi connectivity index (χ2v) is 20.0. The summed E-state index contributed by atoms with van der Waals surface area (Å²) in [5.74, 6) is 1.35. The van der Waals surface area contributed by atoms with E-state index in [9.17, 15) is 4.79 Å². The van der Waals surface area contributed by atoms with E-state index in [4.69, 9.17) is 9.16 Å². The van der Waals surface area contributed by atoms with Crippen LogP contribution in [0.25, 0.3) is 0 Å². The number of hydrogen-bond acceptors (Lipinski definition) is 3. The predicted molar refractivity (Wildman–Crippen MR) is 154 cm³/mol. The molecule has 0 unspecified atom stereocenters. The van der Waals surface area contributed by atoms with E-state index in [1.807, 2.05) is 6.07 Å². The summed E-state index contributed by atoms with van der Waals surface area (Å²) in [6.07, 6.45) is 6.60. The van der Waals surface area contributed by atoms with Crippen LogP contribution in [-0.2, 0) is 20.6 Å². The number of allylic oxidation sites excluding steroid dienone is 1. The molecule has 0 radical (unpaired) electrons. The number of Topliss-reactive ketones (excluding diaryl/α,β-unsaturated/α-hetero) is 1. The van der Waals surface area contributed by atoms with Crippen molar-refractivity contribution >= 4 is 14.1 Å². The van der Waals surface area contributed by atoms with Crippen molar-refractivity contribution in [1.82, 2.24) is 0 Å². The Balaban J connectivity index is 1.39. The molecule has 4 aliphatic carbocycles. The van der Waals surface area contributed by atoms with Gasteiger partial charge in [-0.25, -0.2) is 0 Å². The Morgan fingerprint density at radius 1 is 0.973 bits per heavy atom. The quantitative estimate of drug-likeness (QED) is 0.351. The Kier molecular flexibility index (Phi) is 6.38. The molecule has 6 atom stereocenters. The summed E-state index contributed by atoms with van der Waals surface area (Å²) in [6, 6.07) is 10.4. The van der Waals surface area contributed by atoms with Crippen LogP contribution in [0.2, 0.25) is 18.1 Å². The molecule has 0 aliphatic heterocycles. The van der Waals surface area contributed by atoms with Crippen LogP contribution in [-0.4, -0.2) is 26.3 Å². The number of carbonyl (C=O) groups is 1. The molecule has 0 spiro atoms. The highest BCUT2D eigenvalue weighted by Gasteiger charge is 2.77. The topological polar surface area (TPSA) is 35.5 Å². The van der Waals surface area contributed by atoms with Gasteiger partial charge < -0.3 is 9.16 Å². The molecule has 0 aromatic heterocycles. The predicted octanol–water partition coefficient (Wildman–Crippen LogP) is 8.50. The average molecular weight is 523 g/mol. The lowest BCUT2D eigenvalue weighted by molar-refractivity contribution is -0.142. The summed E-state index contributed by atoms with van der Waals surface area (Å²) >= 11 is 0. The molecule has 204 valence electrons. The van der Waals surface area contributed by atoms with Gasteiger partial charge in [-0.15, -0.1) is 0 Å². The molecule has 3 nitrogen and oxygen atoms in total. The average Bonchev–Trinajstić information content (AvgIpc) is 3.41. The van der Waals surface area contributed by atoms with Crippen molar-refractivity contribution in [3.8, 4) is 0 Å². The summed E-state index contributed by atoms with van der Waals surface area (Å²) in [5, 5.41) is 0.226. The van der Waals surface area contributed by atoms with E-state index in [2.05, 4.69) is 85.8 Å². The fourth-order valence-corrected chi connectivity index (χ4v) is 10.6. The van der Waals surface area contributed by atoms with Gasteiger partial charge in [0.05, 0.1) is 18.8 Å². The highest BCUT2D eigenvalue weighted by Crippen LogP contribution is 2.79. The van der Waals surface area contributed by atoms with Gasteiger partial charge in [0, 0.05) is 11.8 Å². The van der Waals surface area contributed by atoms with Crippen LogP contribution in [0.5, 0.6) is 0 Å². The summed E-state index contributed by atoms with van der Waals surface area (Å²) in [7, 11) is -1.85. The number of fused-ring (bicyclic) bond motifs is 5. The maximum absolute atomic E-state index is 13.5. The molecule has 0 N–H and O–H groups in total. The molecule has 5 rings (SSSR count). The highest BCUT2D eigenvalue weighted by atomic mass is 28.4. The van der Waals surface area contributed by atoms with Gasteiger partial charge in [0.2, 0.25) is 0 Å². The van der Waals surface area contributed by atoms with Crippen molar-refractivity contribution < 1.29 is 14.0 Å². The number of rotatable bonds is 6. The van der Waals surface area contributed by atoms with Gasteiger partial charge >= 0.3 is 0 Å². The van der Waals surface area contributed by atoms with E-state index in [0.717, 1.165) is 18.4 Å². The lowest BCUT2D eigenvalue weighted by atomic mass is 9.42. The molecule has 0 heterocycles. The van der Waals surface area contributed by atoms with Gasteiger partial charge in [0.15, 0.2) is 14.1 Å². The van der Waals surface area contributed by atoms with Crippen molar-refractivity contribution in [1.29, 1.82) is 0 Å². The van der Waals surface area contributed by atoms with Crippen LogP contribution < -0.4 is 0 Å². The summed E-state index contributed by atoms with van der Waals surface area (Å²) < 4.78 is 13.5. The van der Waals surface area contributed by atoms with E-state index < -0.39 is 8.32 Å². The van der Waals surface area contributed by atoms with Gasteiger partial charge in [-0.1, -0.05) is 71.9 Å². The van der Waals surface area contributed by atoms with Gasteiger partial charge in [0.25, 0.3) is 0 Å². The Bertz CT molecular complexity index is 1100. The lowest BCUT2D eigenvalue weighted by Crippen LogP contribution is -2.59. The first-order valence-electron chi connectivity index (χ1n) is 14.7. The third-order valence-electron chi connectivity index (χ3n) is 12.3. The van der Waals surface area contributed by atoms with Crippen LogP contribution in [0, 0.1) is 28.1 Å². The van der Waals surface area contributed by atoms with Crippen molar-refractivity contribution in [2.75, 3.05) is 6.61 Å². The second kappa shape index (κ2) is 8.63. The molecular formula is C33H50O3Si. The molecule has 0 saturated heterocycles. The third-order valence-corrected chi connectivity index (χ3v) is 16.8. The van der Waals surface area contributed by atoms with Gasteiger partial charge in [-0.2, -0.15) is 0 Å². The first kappa shape index (κ1) is 27.3. The number of hydrogen-bond donors (Lipinski definition) is 0. The molecule has 1 aromatic carbocycles. The summed E-state index contributed by atoms with van der Waals surface area (Å²) in [6.45, 7) is 22.7. The molecule has 0 bridgehead atoms. The Hall–Kier alpha value is -1.23. The smallest absolute Gasteiger partial charge is 0.192 e. The molecule has 37 heavy (non-hydrogen) atoms. The van der Waals surface area contributed by atoms with Crippen LogP contribution in [0.4, 0.5) is 0 Å². The fourth-order valence-electron chi connectivity index (χ4n) is 8.87. The SMILES string of the molecule is CC1=C(COCc2ccccc2)[C@@]2(C)CC[C@H]3[C@@](C)(CC[C@]4(O[Si](C)(C)C(C)(C)C)C[C@]34C)[C@@H]2CC1=O. The normalized spacial score (nSPS) is 39.6. The monoisotopic (exact) mass is 522 g/mol. The number of benzene rings is 1. The van der Waals surface area contributed by atoms with Gasteiger partial charge in [-0.3, -0.25) is 4.79 Å². The third kappa shape index (κ3) is 4.07. The fraction of sp³-hybridized carbons (Fsp3) is 0.727. The maximum atomic E-state index is 13.5. The van der Waals surface area contributed by atoms with Crippen molar-refractivity contribution in [3.05, 3.63) is 47.0 Å². The summed E-state index contributed by atoms with van der Waals surface area (Å²) in [5.41, 5.74) is 3.93. The largest absolute Gasteiger partial charge is 0.411 e. The molecule has 1 aromatic rings. The zero-order valence-corrected chi connectivity index (χ0v) is 25.9. The Labute approximate surface area is 226 Å². The maximum Gasteiger partial charge on any atom is 0.192 e. The first-order valence-corrected chi connectivity index (χ1v) is 17.6. The van der Waals surface area contributed by atoms with Gasteiger partial charge in [-0.05, 0) is 96.5 Å². The van der Waals surface area contributed by atoms with E-state index >= 15 is 0 Å². The molecule has 3 saturated carbocycles. The van der Waals surface area contributed by atoms with E-state index in [1.165, 1.54) is 30.4 Å². The van der Waals surface area contributed by atoms with Crippen molar-refractivity contribution in [2.24, 2.45) is 28.1 Å². The number of ether oxygens (including phenoxy) is 1. The Morgan fingerprint density at radius 2 is 1.65 bits per heavy atom. The van der Waals surface area contributed by atoms with E-state index in [0.29, 0.717) is 37.3 Å². The molecule has 3 fully saturated rings. The van der Waals surface area contributed by atoms with Crippen LogP contribution >= 0.6 is 0 Å². The molecule has 0 amide bonds. The van der Waals surface area contributed by atoms with Crippen molar-refractivity contribution in [3.63, 3.8) is 0 Å². The minimum absolute atomic E-state index is 0.0332. The lowest BCUT2D eigenvalue weighted by Gasteiger charge is -2.63. The van der Waals surface area contributed by atoms with Crippen LogP contribution in [0.1, 0.15) is 92.6 Å². The zero-order valence-electron chi connectivity index (χ0n) is 24.9. The Morgan fingerprint density at radius 3 is 2.30 bits per heavy atom. The van der Waals surface area contributed by atoms with Crippen LogP contribution in [0.3, 0.4) is 0 Å². The van der Waals surface area contributed by atoms with Crippen molar-refractivity contribution in [2.45, 2.75) is 117 Å². The molecule has 4 aliphatic rings. The first-order chi connectivity index (χ1) is 17.1. The van der Waals surface area contributed by atoms with E-state index in [-0.39, 0.29) is 26.9 Å². The van der Waals surface area contributed by atoms with Gasteiger partial charge in [0.1, 0.15) is 0 Å². The minimum Gasteiger partial charge on any atom is -0.411 e. The molecular weight excluding hydrogens is 472 g/mol. The number of ketones is 1. The van der Waals surface area contributed by atoms with Crippen LogP contribution in [0.15, 0.2) is 41.5 Å². The zero-order chi connectivity index (χ0) is 27.1.